The molecule has 4 rings (SSSR count). The van der Waals surface area contributed by atoms with Crippen molar-refractivity contribution in [2.45, 2.75) is 31.6 Å². The lowest BCUT2D eigenvalue weighted by Crippen LogP contribution is -2.28. The molecule has 0 unspecified atom stereocenters. The van der Waals surface area contributed by atoms with Crippen LogP contribution >= 0.6 is 12.6 Å². The average Bonchev–Trinajstić information content (AvgIpc) is 3.23. The maximum absolute atomic E-state index is 5.82. The molecule has 0 amide bonds. The third kappa shape index (κ3) is 3.80. The Balaban J connectivity index is 1.59. The van der Waals surface area contributed by atoms with Gasteiger partial charge in [0.25, 0.3) is 0 Å². The maximum Gasteiger partial charge on any atom is 0.156 e. The third-order valence-electron chi connectivity index (χ3n) is 4.36. The van der Waals surface area contributed by atoms with Crippen LogP contribution in [-0.2, 0) is 0 Å². The van der Waals surface area contributed by atoms with E-state index < -0.39 is 0 Å². The highest BCUT2D eigenvalue weighted by Crippen LogP contribution is 2.28. The Bertz CT molecular complexity index is 954. The Kier molecular flexibility index (Phi) is 5.07. The van der Waals surface area contributed by atoms with Gasteiger partial charge in [-0.1, -0.05) is 30.3 Å². The normalized spacial score (nSPS) is 20.2. The summed E-state index contributed by atoms with van der Waals surface area (Å²) in [5.41, 5.74) is 9.30. The largest absolute Gasteiger partial charge is 0.491 e. The third-order valence-corrected chi connectivity index (χ3v) is 4.73. The second-order valence-corrected chi connectivity index (χ2v) is 7.21. The van der Waals surface area contributed by atoms with Gasteiger partial charge >= 0.3 is 0 Å². The van der Waals surface area contributed by atoms with Crippen molar-refractivity contribution in [1.82, 2.24) is 20.8 Å². The lowest BCUT2D eigenvalue weighted by atomic mass is 10.1. The van der Waals surface area contributed by atoms with Gasteiger partial charge in [-0.2, -0.15) is 5.10 Å². The molecular formula is C20H23N5OS. The number of thiol groups is 1. The molecule has 1 aliphatic heterocycles. The number of hydrazine groups is 1. The summed E-state index contributed by atoms with van der Waals surface area (Å²) in [5.74, 6) is 0.840. The molecule has 0 spiro atoms. The summed E-state index contributed by atoms with van der Waals surface area (Å²) in [6.07, 6.45) is 3.80. The van der Waals surface area contributed by atoms with Gasteiger partial charge in [-0.05, 0) is 37.6 Å². The first-order valence-corrected chi connectivity index (χ1v) is 9.47. The van der Waals surface area contributed by atoms with Crippen molar-refractivity contribution in [3.63, 3.8) is 0 Å². The monoisotopic (exact) mass is 381 g/mol. The van der Waals surface area contributed by atoms with Crippen LogP contribution in [0.15, 0.2) is 59.8 Å². The molecule has 0 bridgehead atoms. The maximum atomic E-state index is 5.82. The van der Waals surface area contributed by atoms with Crippen LogP contribution in [0.2, 0.25) is 0 Å². The van der Waals surface area contributed by atoms with Crippen LogP contribution in [0.4, 0.5) is 0 Å². The lowest BCUT2D eigenvalue weighted by molar-refractivity contribution is 0.234. The van der Waals surface area contributed by atoms with E-state index in [2.05, 4.69) is 40.6 Å². The summed E-state index contributed by atoms with van der Waals surface area (Å²) in [6.45, 7) is 4.03. The minimum atomic E-state index is -0.244. The highest BCUT2D eigenvalue weighted by molar-refractivity contribution is 7.80. The zero-order valence-corrected chi connectivity index (χ0v) is 16.1. The highest BCUT2D eigenvalue weighted by Gasteiger charge is 2.31. The molecule has 27 heavy (non-hydrogen) atoms. The second-order valence-electron chi connectivity index (χ2n) is 6.72. The summed E-state index contributed by atoms with van der Waals surface area (Å²) in [7, 11) is 0. The van der Waals surface area contributed by atoms with Gasteiger partial charge < -0.3 is 9.72 Å². The van der Waals surface area contributed by atoms with Crippen molar-refractivity contribution >= 4 is 29.7 Å². The van der Waals surface area contributed by atoms with Crippen molar-refractivity contribution in [3.8, 4) is 5.75 Å². The molecule has 0 radical (unpaired) electrons. The Morgan fingerprint density at radius 3 is 2.85 bits per heavy atom. The fourth-order valence-electron chi connectivity index (χ4n) is 3.15. The number of nitrogens with zero attached hydrogens (tertiary/aromatic N) is 2. The predicted octanol–water partition coefficient (Wildman–Crippen LogP) is 3.61. The van der Waals surface area contributed by atoms with Crippen LogP contribution in [0, 0.1) is 0 Å². The average molecular weight is 382 g/mol. The molecule has 3 N–H and O–H groups in total. The Labute approximate surface area is 164 Å². The molecule has 0 saturated carbocycles. The van der Waals surface area contributed by atoms with Gasteiger partial charge in [0.2, 0.25) is 0 Å². The number of para-hydroxylation sites is 1. The van der Waals surface area contributed by atoms with E-state index in [1.165, 1.54) is 0 Å². The minimum absolute atomic E-state index is 0.128. The Morgan fingerprint density at radius 2 is 2.00 bits per heavy atom. The Hall–Kier alpha value is -2.48. The summed E-state index contributed by atoms with van der Waals surface area (Å²) >= 11 is 4.58. The molecule has 7 heteroatoms. The fourth-order valence-corrected chi connectivity index (χ4v) is 3.42. The fraction of sp³-hybridized carbons (Fsp3) is 0.250. The number of ether oxygens (including phenoxy) is 1. The molecule has 1 saturated heterocycles. The molecule has 2 aromatic carbocycles. The number of rotatable bonds is 5. The molecule has 1 fully saturated rings. The van der Waals surface area contributed by atoms with Crippen molar-refractivity contribution < 1.29 is 4.74 Å². The van der Waals surface area contributed by atoms with Crippen LogP contribution in [0.25, 0.3) is 10.9 Å². The number of hydrazone groups is 1. The van der Waals surface area contributed by atoms with E-state index in [-0.39, 0.29) is 17.8 Å². The molecular weight excluding hydrogens is 358 g/mol. The van der Waals surface area contributed by atoms with Gasteiger partial charge in [-0.3, -0.25) is 0 Å². The molecule has 2 heterocycles. The zero-order valence-electron chi connectivity index (χ0n) is 15.3. The van der Waals surface area contributed by atoms with E-state index in [9.17, 15) is 0 Å². The Morgan fingerprint density at radius 1 is 1.15 bits per heavy atom. The molecule has 140 valence electrons. The summed E-state index contributed by atoms with van der Waals surface area (Å²) in [4.78, 5) is 3.27. The first-order chi connectivity index (χ1) is 13.1. The van der Waals surface area contributed by atoms with Crippen LogP contribution in [0.3, 0.4) is 0 Å². The minimum Gasteiger partial charge on any atom is -0.491 e. The number of hydrogen-bond acceptors (Lipinski definition) is 6. The van der Waals surface area contributed by atoms with Crippen LogP contribution in [0.5, 0.6) is 5.75 Å². The van der Waals surface area contributed by atoms with E-state index in [4.69, 9.17) is 9.84 Å². The number of benzene rings is 2. The summed E-state index contributed by atoms with van der Waals surface area (Å²) < 4.78 is 5.82. The molecule has 1 aliphatic rings. The van der Waals surface area contributed by atoms with Gasteiger partial charge in [0.1, 0.15) is 11.9 Å². The number of fused-ring (bicyclic) bond motifs is 1. The summed E-state index contributed by atoms with van der Waals surface area (Å²) in [5, 5.41) is 7.72. The van der Waals surface area contributed by atoms with E-state index in [0.29, 0.717) is 0 Å². The quantitative estimate of drug-likeness (QED) is 0.403. The second kappa shape index (κ2) is 7.64. The van der Waals surface area contributed by atoms with Crippen molar-refractivity contribution in [1.29, 1.82) is 0 Å². The zero-order chi connectivity index (χ0) is 18.8. The van der Waals surface area contributed by atoms with Crippen LogP contribution in [0.1, 0.15) is 31.1 Å². The molecule has 3 aromatic rings. The standard InChI is InChI=1S/C20H23N5OS/c1-13(2)26-16-7-5-6-14(10-16)19-23-24-20(27)25(19)22-12-15-11-21-18-9-4-3-8-17(15)18/h3-13,19-21,23-24,27H,1-2H3/b22-12-/t19-,20-/m0/s1. The smallest absolute Gasteiger partial charge is 0.156 e. The number of hydrogen-bond donors (Lipinski definition) is 4. The number of H-pyrrole nitrogens is 1. The van der Waals surface area contributed by atoms with Gasteiger partial charge in [0, 0.05) is 22.7 Å². The highest BCUT2D eigenvalue weighted by atomic mass is 32.1. The first kappa shape index (κ1) is 17.9. The van der Waals surface area contributed by atoms with Crippen molar-refractivity contribution in [2.24, 2.45) is 5.10 Å². The molecule has 0 aliphatic carbocycles. The summed E-state index contributed by atoms with van der Waals surface area (Å²) in [6, 6.07) is 16.2. The molecule has 6 nitrogen and oxygen atoms in total. The van der Waals surface area contributed by atoms with E-state index in [1.54, 1.807) is 0 Å². The molecule has 2 atom stereocenters. The van der Waals surface area contributed by atoms with Gasteiger partial charge in [-0.25, -0.2) is 15.9 Å². The van der Waals surface area contributed by atoms with Crippen LogP contribution in [-0.4, -0.2) is 27.8 Å². The van der Waals surface area contributed by atoms with Crippen molar-refractivity contribution in [2.75, 3.05) is 0 Å². The SMILES string of the molecule is CC(C)Oc1cccc([C@H]2NN[C@H](S)N2/N=C\c2c[nH]c3ccccc23)c1. The lowest BCUT2D eigenvalue weighted by Gasteiger charge is -2.23. The van der Waals surface area contributed by atoms with E-state index in [0.717, 1.165) is 27.8 Å². The van der Waals surface area contributed by atoms with Gasteiger partial charge in [0.15, 0.2) is 5.50 Å². The number of aromatic nitrogens is 1. The number of aromatic amines is 1. The predicted molar refractivity (Wildman–Crippen MR) is 112 cm³/mol. The van der Waals surface area contributed by atoms with E-state index in [1.807, 2.05) is 67.7 Å². The van der Waals surface area contributed by atoms with Crippen LogP contribution < -0.4 is 15.6 Å². The van der Waals surface area contributed by atoms with Crippen molar-refractivity contribution in [3.05, 3.63) is 65.9 Å². The molecule has 1 aromatic heterocycles. The van der Waals surface area contributed by atoms with Gasteiger partial charge in [-0.15, -0.1) is 12.6 Å². The van der Waals surface area contributed by atoms with E-state index >= 15 is 0 Å². The first-order valence-electron chi connectivity index (χ1n) is 8.96. The topological polar surface area (TPSA) is 64.7 Å². The van der Waals surface area contributed by atoms with Gasteiger partial charge in [0.05, 0.1) is 12.3 Å². The number of nitrogens with one attached hydrogen (secondary N) is 3.